The van der Waals surface area contributed by atoms with Gasteiger partial charge in [-0.3, -0.25) is 0 Å². The van der Waals surface area contributed by atoms with Gasteiger partial charge in [0.25, 0.3) is 5.09 Å². The Kier molecular flexibility index (Phi) is 24.3. The van der Waals surface area contributed by atoms with E-state index in [0.717, 1.165) is 0 Å². The van der Waals surface area contributed by atoms with E-state index in [1.807, 2.05) is 0 Å². The monoisotopic (exact) mass is 222 g/mol. The fraction of sp³-hybridized carbons (Fsp3) is 0. The van der Waals surface area contributed by atoms with Gasteiger partial charge in [0.15, 0.2) is 0 Å². The van der Waals surface area contributed by atoms with Gasteiger partial charge in [-0.25, -0.2) is 0 Å². The van der Waals surface area contributed by atoms with Gasteiger partial charge in [-0.1, -0.05) is 0 Å². The summed E-state index contributed by atoms with van der Waals surface area (Å²) in [5.74, 6) is 0. The van der Waals surface area contributed by atoms with Crippen molar-refractivity contribution in [3.05, 3.63) is 10.1 Å². The van der Waals surface area contributed by atoms with Crippen molar-refractivity contribution in [2.75, 3.05) is 0 Å². The second kappa shape index (κ2) is 9.10. The van der Waals surface area contributed by atoms with Crippen LogP contribution in [0.3, 0.4) is 0 Å². The van der Waals surface area contributed by atoms with Crippen molar-refractivity contribution in [3.8, 4) is 0 Å². The van der Waals surface area contributed by atoms with Crippen LogP contribution in [-0.4, -0.2) is 15.8 Å². The molecule has 0 aliphatic rings. The Hall–Kier alpha value is 0.524. The fourth-order valence-corrected chi connectivity index (χ4v) is 0. The van der Waals surface area contributed by atoms with Gasteiger partial charge in [-0.15, -0.1) is 10.1 Å². The molecule has 3 N–H and O–H groups in total. The maximum atomic E-state index is 8.36. The van der Waals surface area contributed by atoms with E-state index in [4.69, 9.17) is 15.3 Å². The van der Waals surface area contributed by atoms with Crippen LogP contribution in [-0.2, 0) is 0 Å². The average Bonchev–Trinajstić information content (AvgIpc) is 0.811. The van der Waals surface area contributed by atoms with E-state index < -0.39 is 5.09 Å². The van der Waals surface area contributed by atoms with E-state index >= 15 is 0 Å². The Morgan fingerprint density at radius 1 is 1.67 bits per heavy atom. The van der Waals surface area contributed by atoms with Crippen LogP contribution in [0.4, 0.5) is 0 Å². The summed E-state index contributed by atoms with van der Waals surface area (Å²) in [7, 11) is 0. The first-order chi connectivity index (χ1) is 1.73. The molecular weight excluding hydrogens is 219 g/mol. The van der Waals surface area contributed by atoms with Crippen LogP contribution in [0.2, 0.25) is 0 Å². The van der Waals surface area contributed by atoms with Crippen LogP contribution < -0.4 is 0 Å². The second-order valence-corrected chi connectivity index (χ2v) is 0.238. The van der Waals surface area contributed by atoms with Gasteiger partial charge in [-0.2, -0.15) is 0 Å². The van der Waals surface area contributed by atoms with Crippen molar-refractivity contribution in [3.63, 3.8) is 0 Å². The summed E-state index contributed by atoms with van der Waals surface area (Å²) in [6.07, 6.45) is 0. The van der Waals surface area contributed by atoms with Gasteiger partial charge < -0.3 is 10.7 Å². The third-order valence-corrected chi connectivity index (χ3v) is 0. The first-order valence-corrected chi connectivity index (χ1v) is 0.565. The van der Waals surface area contributed by atoms with Crippen molar-refractivity contribution >= 4 is 0 Å². The summed E-state index contributed by atoms with van der Waals surface area (Å²) in [5.41, 5.74) is 0. The molecule has 0 aromatic rings. The molecule has 1 radical (unpaired) electrons. The van der Waals surface area contributed by atoms with Gasteiger partial charge in [-0.05, 0) is 0 Å². The van der Waals surface area contributed by atoms with E-state index in [0.29, 0.717) is 0 Å². The number of hydrogen-bond acceptors (Lipinski definition) is 2. The topological polar surface area (TPSA) is 94.9 Å². The Morgan fingerprint density at radius 2 is 1.67 bits per heavy atom. The molecule has 0 amide bonds. The predicted octanol–water partition coefficient (Wildman–Crippen LogP) is -1.17. The standard InChI is InChI=1S/HNO3.H2O.Pr/c2-1(3)4;;/h(H,2,3,4);1H2;. The van der Waals surface area contributed by atoms with E-state index in [2.05, 4.69) is 0 Å². The first-order valence-electron chi connectivity index (χ1n) is 0.565. The van der Waals surface area contributed by atoms with Crippen LogP contribution in [0.15, 0.2) is 0 Å². The zero-order valence-electron chi connectivity index (χ0n) is 2.79. The summed E-state index contributed by atoms with van der Waals surface area (Å²) < 4.78 is 0. The minimum absolute atomic E-state index is 0. The van der Waals surface area contributed by atoms with Gasteiger partial charge >= 0.3 is 0 Å². The zero-order valence-corrected chi connectivity index (χ0v) is 6.49. The molecule has 0 aliphatic carbocycles. The fourth-order valence-electron chi connectivity index (χ4n) is 0. The molecule has 0 atom stereocenters. The Morgan fingerprint density at radius 3 is 1.67 bits per heavy atom. The number of rotatable bonds is 0. The first kappa shape index (κ1) is 16.0. The predicted molar refractivity (Wildman–Crippen MR) is 12.4 cm³/mol. The molecule has 0 saturated heterocycles. The molecule has 6 heavy (non-hydrogen) atoms. The molecule has 0 spiro atoms. The molecule has 5 nitrogen and oxygen atoms in total. The molecule has 0 unspecified atom stereocenters. The third-order valence-electron chi connectivity index (χ3n) is 0. The van der Waals surface area contributed by atoms with Gasteiger partial charge in [0, 0.05) is 41.3 Å². The van der Waals surface area contributed by atoms with Crippen LogP contribution in [0.5, 0.6) is 0 Å². The molecule has 0 fully saturated rings. The van der Waals surface area contributed by atoms with Crippen LogP contribution in [0.1, 0.15) is 0 Å². The molecular formula is H3NO4Pr. The molecule has 0 heterocycles. The number of hydrogen-bond donors (Lipinski definition) is 1. The van der Waals surface area contributed by atoms with Crippen molar-refractivity contribution in [2.24, 2.45) is 0 Å². The van der Waals surface area contributed by atoms with Crippen LogP contribution in [0, 0.1) is 51.4 Å². The number of nitrogens with zero attached hydrogens (tertiary/aromatic N) is 1. The largest absolute Gasteiger partial charge is 0.412 e. The molecule has 0 rings (SSSR count). The smallest absolute Gasteiger partial charge is 0.291 e. The second-order valence-electron chi connectivity index (χ2n) is 0.238. The third kappa shape index (κ3) is 205. The maximum absolute atomic E-state index is 8.36. The molecule has 0 saturated carbocycles. The van der Waals surface area contributed by atoms with Crippen molar-refractivity contribution in [2.45, 2.75) is 0 Å². The summed E-state index contributed by atoms with van der Waals surface area (Å²) in [5, 5.41) is 13.6. The van der Waals surface area contributed by atoms with E-state index in [9.17, 15) is 0 Å². The summed E-state index contributed by atoms with van der Waals surface area (Å²) in [6, 6.07) is 0. The van der Waals surface area contributed by atoms with E-state index in [1.54, 1.807) is 0 Å². The van der Waals surface area contributed by atoms with E-state index in [1.165, 1.54) is 0 Å². The summed E-state index contributed by atoms with van der Waals surface area (Å²) in [6.45, 7) is 0. The van der Waals surface area contributed by atoms with Gasteiger partial charge in [0.05, 0.1) is 0 Å². The van der Waals surface area contributed by atoms with Gasteiger partial charge in [0.2, 0.25) is 0 Å². The van der Waals surface area contributed by atoms with Crippen molar-refractivity contribution in [1.29, 1.82) is 0 Å². The maximum Gasteiger partial charge on any atom is 0.291 e. The Balaban J connectivity index is -0.0000000450. The summed E-state index contributed by atoms with van der Waals surface area (Å²) in [4.78, 5) is 8.36. The summed E-state index contributed by atoms with van der Waals surface area (Å²) >= 11 is 0. The molecule has 0 bridgehead atoms. The van der Waals surface area contributed by atoms with Gasteiger partial charge in [0.1, 0.15) is 0 Å². The average molecular weight is 222 g/mol. The molecule has 0 aromatic carbocycles. The molecule has 6 heteroatoms. The van der Waals surface area contributed by atoms with Crippen molar-refractivity contribution < 1.29 is 57.1 Å². The molecule has 35 valence electrons. The zero-order chi connectivity index (χ0) is 3.58. The minimum Gasteiger partial charge on any atom is -0.412 e. The van der Waals surface area contributed by atoms with Crippen LogP contribution in [0.25, 0.3) is 0 Å². The quantitative estimate of drug-likeness (QED) is 0.413. The minimum atomic E-state index is -1.50. The van der Waals surface area contributed by atoms with Crippen LogP contribution >= 0.6 is 0 Å². The Labute approximate surface area is 66.7 Å². The molecule has 0 aromatic heterocycles. The SMILES string of the molecule is O.O=[N+]([O-])O.[Pr]. The normalized spacial score (nSPS) is 4.00. The Bertz CT molecular complexity index is 30.5. The molecule has 0 aliphatic heterocycles. The van der Waals surface area contributed by atoms with E-state index in [-0.39, 0.29) is 46.8 Å². The van der Waals surface area contributed by atoms with Crippen molar-refractivity contribution in [1.82, 2.24) is 0 Å².